The third-order valence-corrected chi connectivity index (χ3v) is 7.90. The first-order valence-electron chi connectivity index (χ1n) is 15.3. The van der Waals surface area contributed by atoms with Gasteiger partial charge in [0.1, 0.15) is 5.75 Å². The summed E-state index contributed by atoms with van der Waals surface area (Å²) in [7, 11) is 1.51. The number of hydrogen-bond acceptors (Lipinski definition) is 5. The third-order valence-electron chi connectivity index (χ3n) is 7.90. The molecule has 0 spiro atoms. The molecule has 3 N–H and O–H groups in total. The summed E-state index contributed by atoms with van der Waals surface area (Å²) in [5.74, 6) is -0.553. The molecule has 1 aliphatic heterocycles. The number of unbranched alkanes of at least 4 members (excludes halogenated alkanes) is 4. The number of likely N-dealkylation sites (tertiary alicyclic amines) is 1. The first-order chi connectivity index (χ1) is 20.7. The SMILES string of the molecule is CCCCCCCN(CC(=O)N1CCC(CC(=O)O)CC1)C(=O)Cc1ccc(NC(=O)Nc2ccccc2C)c(OC)c1. The van der Waals surface area contributed by atoms with Crippen molar-refractivity contribution in [1.82, 2.24) is 9.80 Å². The molecule has 1 saturated heterocycles. The van der Waals surface area contributed by atoms with E-state index in [0.29, 0.717) is 55.2 Å². The minimum Gasteiger partial charge on any atom is -0.495 e. The molecule has 0 unspecified atom stereocenters. The van der Waals surface area contributed by atoms with E-state index < -0.39 is 12.0 Å². The van der Waals surface area contributed by atoms with Crippen molar-refractivity contribution in [2.45, 2.75) is 71.6 Å². The lowest BCUT2D eigenvalue weighted by atomic mass is 9.93. The van der Waals surface area contributed by atoms with Crippen molar-refractivity contribution in [3.63, 3.8) is 0 Å². The molecule has 1 aliphatic rings. The first kappa shape index (κ1) is 33.4. The van der Waals surface area contributed by atoms with E-state index in [1.807, 2.05) is 31.2 Å². The number of carbonyl (C=O) groups is 4. The maximum Gasteiger partial charge on any atom is 0.323 e. The largest absolute Gasteiger partial charge is 0.495 e. The second-order valence-corrected chi connectivity index (χ2v) is 11.3. The van der Waals surface area contributed by atoms with Crippen molar-refractivity contribution in [2.75, 3.05) is 43.9 Å². The zero-order valence-electron chi connectivity index (χ0n) is 25.7. The van der Waals surface area contributed by atoms with E-state index in [2.05, 4.69) is 17.6 Å². The molecule has 10 heteroatoms. The van der Waals surface area contributed by atoms with Gasteiger partial charge in [-0.2, -0.15) is 0 Å². The van der Waals surface area contributed by atoms with Crippen LogP contribution in [0.2, 0.25) is 0 Å². The number of carboxylic acid groups (broad SMARTS) is 1. The average molecular weight is 595 g/mol. The standard InChI is InChI=1S/C33H46N4O6/c1-4-5-6-7-10-17-37(23-31(39)36-18-15-25(16-19-36)22-32(40)41)30(38)21-26-13-14-28(29(20-26)43-3)35-33(42)34-27-12-9-8-11-24(27)2/h8-9,11-14,20,25H,4-7,10,15-19,21-23H2,1-3H3,(H,40,41)(H2,34,35,42). The predicted octanol–water partition coefficient (Wildman–Crippen LogP) is 5.70. The second kappa shape index (κ2) is 17.1. The molecule has 2 aromatic rings. The van der Waals surface area contributed by atoms with Gasteiger partial charge in [0.25, 0.3) is 0 Å². The minimum absolute atomic E-state index is 0.00601. The van der Waals surface area contributed by atoms with Gasteiger partial charge < -0.3 is 30.3 Å². The van der Waals surface area contributed by atoms with Crippen molar-refractivity contribution in [3.05, 3.63) is 53.6 Å². The molecule has 0 aromatic heterocycles. The van der Waals surface area contributed by atoms with Gasteiger partial charge in [-0.25, -0.2) is 4.79 Å². The first-order valence-corrected chi connectivity index (χ1v) is 15.3. The van der Waals surface area contributed by atoms with Crippen LogP contribution in [0.25, 0.3) is 0 Å². The van der Waals surface area contributed by atoms with E-state index in [1.165, 1.54) is 7.11 Å². The van der Waals surface area contributed by atoms with E-state index in [0.717, 1.165) is 37.7 Å². The summed E-state index contributed by atoms with van der Waals surface area (Å²) in [5, 5.41) is 14.7. The highest BCUT2D eigenvalue weighted by Crippen LogP contribution is 2.27. The van der Waals surface area contributed by atoms with Gasteiger partial charge in [-0.15, -0.1) is 0 Å². The number of ether oxygens (including phenoxy) is 1. The van der Waals surface area contributed by atoms with Crippen LogP contribution >= 0.6 is 0 Å². The predicted molar refractivity (Wildman–Crippen MR) is 167 cm³/mol. The number of nitrogens with zero attached hydrogens (tertiary/aromatic N) is 2. The Morgan fingerprint density at radius 1 is 0.977 bits per heavy atom. The van der Waals surface area contributed by atoms with E-state index in [1.54, 1.807) is 28.0 Å². The summed E-state index contributed by atoms with van der Waals surface area (Å²) >= 11 is 0. The van der Waals surface area contributed by atoms with Gasteiger partial charge in [-0.1, -0.05) is 56.9 Å². The highest BCUT2D eigenvalue weighted by molar-refractivity contribution is 6.01. The number of rotatable bonds is 15. The number of amides is 4. The van der Waals surface area contributed by atoms with E-state index >= 15 is 0 Å². The molecule has 0 saturated carbocycles. The van der Waals surface area contributed by atoms with Crippen LogP contribution in [0.1, 0.15) is 69.4 Å². The summed E-state index contributed by atoms with van der Waals surface area (Å²) < 4.78 is 5.52. The van der Waals surface area contributed by atoms with Crippen LogP contribution in [0, 0.1) is 12.8 Å². The Kier molecular flexibility index (Phi) is 13.3. The Morgan fingerprint density at radius 3 is 2.35 bits per heavy atom. The highest BCUT2D eigenvalue weighted by Gasteiger charge is 2.27. The summed E-state index contributed by atoms with van der Waals surface area (Å²) in [5.41, 5.74) is 2.83. The van der Waals surface area contributed by atoms with Gasteiger partial charge in [-0.3, -0.25) is 14.4 Å². The topological polar surface area (TPSA) is 128 Å². The number of anilines is 2. The minimum atomic E-state index is -0.810. The molecule has 0 bridgehead atoms. The van der Waals surface area contributed by atoms with Gasteiger partial charge in [0.15, 0.2) is 0 Å². The molecule has 43 heavy (non-hydrogen) atoms. The number of piperidine rings is 1. The van der Waals surface area contributed by atoms with Crippen LogP contribution in [0.15, 0.2) is 42.5 Å². The molecule has 4 amide bonds. The number of nitrogens with one attached hydrogen (secondary N) is 2. The summed E-state index contributed by atoms with van der Waals surface area (Å²) in [6.07, 6.45) is 6.70. The molecule has 234 valence electrons. The van der Waals surface area contributed by atoms with Crippen molar-refractivity contribution < 1.29 is 29.0 Å². The van der Waals surface area contributed by atoms with Crippen LogP contribution in [0.5, 0.6) is 5.75 Å². The van der Waals surface area contributed by atoms with Crippen LogP contribution in [-0.4, -0.2) is 72.0 Å². The Hall–Kier alpha value is -4.08. The van der Waals surface area contributed by atoms with Gasteiger partial charge in [-0.05, 0) is 61.4 Å². The molecular weight excluding hydrogens is 548 g/mol. The van der Waals surface area contributed by atoms with Crippen LogP contribution in [0.3, 0.4) is 0 Å². The monoisotopic (exact) mass is 594 g/mol. The van der Waals surface area contributed by atoms with Gasteiger partial charge >= 0.3 is 12.0 Å². The molecule has 1 heterocycles. The highest BCUT2D eigenvalue weighted by atomic mass is 16.5. The fraction of sp³-hybridized carbons (Fsp3) is 0.515. The molecule has 1 fully saturated rings. The molecule has 0 radical (unpaired) electrons. The third kappa shape index (κ3) is 10.9. The molecule has 0 aliphatic carbocycles. The Labute approximate surface area is 254 Å². The van der Waals surface area contributed by atoms with E-state index in [9.17, 15) is 19.2 Å². The van der Waals surface area contributed by atoms with Crippen LogP contribution < -0.4 is 15.4 Å². The van der Waals surface area contributed by atoms with Crippen molar-refractivity contribution in [1.29, 1.82) is 0 Å². The second-order valence-electron chi connectivity index (χ2n) is 11.3. The fourth-order valence-corrected chi connectivity index (χ4v) is 5.32. The van der Waals surface area contributed by atoms with E-state index in [4.69, 9.17) is 9.84 Å². The van der Waals surface area contributed by atoms with E-state index in [-0.39, 0.29) is 37.1 Å². The van der Waals surface area contributed by atoms with Crippen LogP contribution in [-0.2, 0) is 20.8 Å². The van der Waals surface area contributed by atoms with Gasteiger partial charge in [0.2, 0.25) is 11.8 Å². The number of benzene rings is 2. The number of carboxylic acids is 1. The smallest absolute Gasteiger partial charge is 0.323 e. The number of para-hydroxylation sites is 1. The quantitative estimate of drug-likeness (QED) is 0.227. The maximum atomic E-state index is 13.5. The Morgan fingerprint density at radius 2 is 1.67 bits per heavy atom. The number of carbonyl (C=O) groups excluding carboxylic acids is 3. The lowest BCUT2D eigenvalue weighted by Gasteiger charge is -2.33. The lowest BCUT2D eigenvalue weighted by molar-refractivity contribution is -0.142. The summed E-state index contributed by atoms with van der Waals surface area (Å²) in [6.45, 7) is 5.59. The number of methoxy groups -OCH3 is 1. The number of aryl methyl sites for hydroxylation is 1. The lowest BCUT2D eigenvalue weighted by Crippen LogP contribution is -2.46. The zero-order chi connectivity index (χ0) is 31.2. The summed E-state index contributed by atoms with van der Waals surface area (Å²) in [4.78, 5) is 53.7. The Balaban J connectivity index is 1.63. The normalized spacial score (nSPS) is 13.3. The number of hydrogen-bond donors (Lipinski definition) is 3. The van der Waals surface area contributed by atoms with Crippen molar-refractivity contribution in [2.24, 2.45) is 5.92 Å². The summed E-state index contributed by atoms with van der Waals surface area (Å²) in [6, 6.07) is 12.3. The average Bonchev–Trinajstić information content (AvgIpc) is 2.98. The van der Waals surface area contributed by atoms with Gasteiger partial charge in [0.05, 0.1) is 25.8 Å². The van der Waals surface area contributed by atoms with Crippen molar-refractivity contribution >= 4 is 35.2 Å². The zero-order valence-corrected chi connectivity index (χ0v) is 25.7. The fourth-order valence-electron chi connectivity index (χ4n) is 5.32. The number of urea groups is 1. The maximum absolute atomic E-state index is 13.5. The van der Waals surface area contributed by atoms with Crippen LogP contribution in [0.4, 0.5) is 16.2 Å². The number of aliphatic carboxylic acids is 1. The van der Waals surface area contributed by atoms with Crippen molar-refractivity contribution in [3.8, 4) is 5.75 Å². The molecular formula is C33H46N4O6. The van der Waals surface area contributed by atoms with Gasteiger partial charge in [0, 0.05) is 31.7 Å². The Bertz CT molecular complexity index is 1240. The molecule has 10 nitrogen and oxygen atoms in total. The molecule has 0 atom stereocenters. The molecule has 3 rings (SSSR count). The molecule has 2 aromatic carbocycles.